The number of rotatable bonds is 6. The summed E-state index contributed by atoms with van der Waals surface area (Å²) in [4.78, 5) is 14.5. The third kappa shape index (κ3) is 4.30. The van der Waals surface area contributed by atoms with Crippen LogP contribution in [0.1, 0.15) is 52.4 Å². The van der Waals surface area contributed by atoms with Gasteiger partial charge in [0.2, 0.25) is 5.91 Å². The molecule has 0 radical (unpaired) electrons. The lowest BCUT2D eigenvalue weighted by Gasteiger charge is -2.32. The molecule has 0 aromatic carbocycles. The summed E-state index contributed by atoms with van der Waals surface area (Å²) >= 11 is 0. The zero-order valence-corrected chi connectivity index (χ0v) is 11.5. The lowest BCUT2D eigenvalue weighted by Crippen LogP contribution is -2.39. The van der Waals surface area contributed by atoms with E-state index in [0.29, 0.717) is 11.8 Å². The lowest BCUT2D eigenvalue weighted by molar-refractivity contribution is -0.137. The minimum absolute atomic E-state index is 0.246. The van der Waals surface area contributed by atoms with Gasteiger partial charge < -0.3 is 10.6 Å². The smallest absolute Gasteiger partial charge is 0.225 e. The molecule has 100 valence electrons. The molecule has 0 spiro atoms. The van der Waals surface area contributed by atoms with Crippen LogP contribution in [-0.2, 0) is 4.79 Å². The van der Waals surface area contributed by atoms with Gasteiger partial charge in [0.15, 0.2) is 0 Å². The van der Waals surface area contributed by atoms with Gasteiger partial charge in [-0.15, -0.1) is 0 Å². The molecule has 0 bridgehead atoms. The Morgan fingerprint density at radius 3 is 2.41 bits per heavy atom. The van der Waals surface area contributed by atoms with E-state index in [0.717, 1.165) is 45.3 Å². The summed E-state index contributed by atoms with van der Waals surface area (Å²) in [6.45, 7) is 6.84. The van der Waals surface area contributed by atoms with Crippen LogP contribution in [0.3, 0.4) is 0 Å². The van der Waals surface area contributed by atoms with Crippen molar-refractivity contribution in [3.05, 3.63) is 0 Å². The molecule has 1 aliphatic carbocycles. The summed E-state index contributed by atoms with van der Waals surface area (Å²) in [6.07, 6.45) is 6.57. The Bertz CT molecular complexity index is 224. The van der Waals surface area contributed by atoms with Crippen LogP contribution in [0.5, 0.6) is 0 Å². The Kier molecular flexibility index (Phi) is 6.56. The van der Waals surface area contributed by atoms with Crippen LogP contribution in [0.25, 0.3) is 0 Å². The fourth-order valence-electron chi connectivity index (χ4n) is 2.86. The van der Waals surface area contributed by atoms with E-state index in [-0.39, 0.29) is 5.92 Å². The predicted molar refractivity (Wildman–Crippen MR) is 71.7 cm³/mol. The molecule has 3 nitrogen and oxygen atoms in total. The Morgan fingerprint density at radius 1 is 1.24 bits per heavy atom. The molecule has 1 fully saturated rings. The minimum Gasteiger partial charge on any atom is -0.342 e. The van der Waals surface area contributed by atoms with Crippen molar-refractivity contribution in [3.8, 4) is 0 Å². The van der Waals surface area contributed by atoms with E-state index in [2.05, 4.69) is 18.7 Å². The van der Waals surface area contributed by atoms with Crippen LogP contribution in [-0.4, -0.2) is 30.4 Å². The highest BCUT2D eigenvalue weighted by Crippen LogP contribution is 2.29. The highest BCUT2D eigenvalue weighted by atomic mass is 16.2. The highest BCUT2D eigenvalue weighted by Gasteiger charge is 2.29. The molecule has 3 heteroatoms. The van der Waals surface area contributed by atoms with Gasteiger partial charge in [-0.2, -0.15) is 0 Å². The summed E-state index contributed by atoms with van der Waals surface area (Å²) in [5, 5.41) is 0. The quantitative estimate of drug-likeness (QED) is 0.775. The maximum absolute atomic E-state index is 12.4. The summed E-state index contributed by atoms with van der Waals surface area (Å²) in [5.41, 5.74) is 5.73. The Balaban J connectivity index is 2.53. The van der Waals surface area contributed by atoms with Crippen LogP contribution < -0.4 is 5.73 Å². The Labute approximate surface area is 106 Å². The third-order valence-electron chi connectivity index (χ3n) is 3.76. The summed E-state index contributed by atoms with van der Waals surface area (Å²) in [5.74, 6) is 1.20. The van der Waals surface area contributed by atoms with Gasteiger partial charge in [0.1, 0.15) is 0 Å². The maximum atomic E-state index is 12.4. The first-order valence-electron chi connectivity index (χ1n) is 7.21. The number of carbonyl (C=O) groups excluding carboxylic acids is 1. The number of hydrogen-bond donors (Lipinski definition) is 1. The number of nitrogens with zero attached hydrogens (tertiary/aromatic N) is 1. The van der Waals surface area contributed by atoms with Crippen molar-refractivity contribution in [2.45, 2.75) is 52.4 Å². The summed E-state index contributed by atoms with van der Waals surface area (Å²) in [6, 6.07) is 0. The van der Waals surface area contributed by atoms with Crippen LogP contribution in [0.15, 0.2) is 0 Å². The fraction of sp³-hybridized carbons (Fsp3) is 0.929. The van der Waals surface area contributed by atoms with E-state index >= 15 is 0 Å². The largest absolute Gasteiger partial charge is 0.342 e. The van der Waals surface area contributed by atoms with Crippen molar-refractivity contribution < 1.29 is 4.79 Å². The van der Waals surface area contributed by atoms with Crippen molar-refractivity contribution in [1.29, 1.82) is 0 Å². The van der Waals surface area contributed by atoms with Gasteiger partial charge in [-0.1, -0.05) is 20.3 Å². The third-order valence-corrected chi connectivity index (χ3v) is 3.76. The van der Waals surface area contributed by atoms with Crippen molar-refractivity contribution >= 4 is 5.91 Å². The summed E-state index contributed by atoms with van der Waals surface area (Å²) < 4.78 is 0. The monoisotopic (exact) mass is 240 g/mol. The first-order valence-corrected chi connectivity index (χ1v) is 7.21. The number of hydrogen-bond acceptors (Lipinski definition) is 2. The van der Waals surface area contributed by atoms with Crippen molar-refractivity contribution in [1.82, 2.24) is 4.90 Å². The molecule has 2 unspecified atom stereocenters. The average Bonchev–Trinajstić information content (AvgIpc) is 2.38. The van der Waals surface area contributed by atoms with E-state index in [1.807, 2.05) is 0 Å². The first-order chi connectivity index (χ1) is 8.22. The van der Waals surface area contributed by atoms with E-state index in [1.54, 1.807) is 0 Å². The molecule has 0 aromatic rings. The molecule has 1 amide bonds. The van der Waals surface area contributed by atoms with Crippen LogP contribution in [0.4, 0.5) is 0 Å². The molecule has 2 N–H and O–H groups in total. The molecular formula is C14H28N2O. The molecule has 0 saturated heterocycles. The predicted octanol–water partition coefficient (Wildman–Crippen LogP) is 2.40. The van der Waals surface area contributed by atoms with Crippen LogP contribution in [0, 0.1) is 11.8 Å². The van der Waals surface area contributed by atoms with E-state index in [1.165, 1.54) is 12.8 Å². The van der Waals surface area contributed by atoms with E-state index in [4.69, 9.17) is 5.73 Å². The van der Waals surface area contributed by atoms with E-state index < -0.39 is 0 Å². The van der Waals surface area contributed by atoms with Crippen LogP contribution in [0.2, 0.25) is 0 Å². The fourth-order valence-corrected chi connectivity index (χ4v) is 2.86. The molecule has 0 aliphatic heterocycles. The molecule has 1 aliphatic rings. The average molecular weight is 240 g/mol. The van der Waals surface area contributed by atoms with Gasteiger partial charge in [0.05, 0.1) is 0 Å². The second-order valence-corrected chi connectivity index (χ2v) is 5.29. The zero-order chi connectivity index (χ0) is 12.7. The molecule has 0 heterocycles. The van der Waals surface area contributed by atoms with Gasteiger partial charge in [-0.05, 0) is 44.6 Å². The molecule has 1 rings (SSSR count). The lowest BCUT2D eigenvalue weighted by atomic mass is 9.80. The minimum atomic E-state index is 0.246. The Morgan fingerprint density at radius 2 is 1.88 bits per heavy atom. The number of carbonyl (C=O) groups is 1. The molecular weight excluding hydrogens is 212 g/mol. The van der Waals surface area contributed by atoms with Gasteiger partial charge in [-0.25, -0.2) is 0 Å². The maximum Gasteiger partial charge on any atom is 0.225 e. The second-order valence-electron chi connectivity index (χ2n) is 5.29. The molecule has 1 saturated carbocycles. The topological polar surface area (TPSA) is 46.3 Å². The van der Waals surface area contributed by atoms with Gasteiger partial charge in [0.25, 0.3) is 0 Å². The molecule has 2 atom stereocenters. The highest BCUT2D eigenvalue weighted by molar-refractivity contribution is 5.78. The van der Waals surface area contributed by atoms with Gasteiger partial charge in [-0.3, -0.25) is 4.79 Å². The van der Waals surface area contributed by atoms with Crippen molar-refractivity contribution in [2.24, 2.45) is 17.6 Å². The first kappa shape index (κ1) is 14.5. The SMILES string of the molecule is CCCN(CCC)C(=O)C1CCCC(CN)C1. The number of nitrogens with two attached hydrogens (primary N) is 1. The Hall–Kier alpha value is -0.570. The van der Waals surface area contributed by atoms with Gasteiger partial charge >= 0.3 is 0 Å². The second kappa shape index (κ2) is 7.70. The van der Waals surface area contributed by atoms with Crippen molar-refractivity contribution in [3.63, 3.8) is 0 Å². The normalized spacial score (nSPS) is 24.6. The zero-order valence-electron chi connectivity index (χ0n) is 11.5. The standard InChI is InChI=1S/C14H28N2O/c1-3-8-16(9-4-2)14(17)13-7-5-6-12(10-13)11-15/h12-13H,3-11,15H2,1-2H3. The summed E-state index contributed by atoms with van der Waals surface area (Å²) in [7, 11) is 0. The molecule has 0 aromatic heterocycles. The van der Waals surface area contributed by atoms with Gasteiger partial charge in [0, 0.05) is 19.0 Å². The van der Waals surface area contributed by atoms with Crippen molar-refractivity contribution in [2.75, 3.05) is 19.6 Å². The van der Waals surface area contributed by atoms with E-state index in [9.17, 15) is 4.79 Å². The number of amides is 1. The molecule has 17 heavy (non-hydrogen) atoms. The van der Waals surface area contributed by atoms with Crippen LogP contribution >= 0.6 is 0 Å².